The van der Waals surface area contributed by atoms with Crippen LogP contribution in [0.25, 0.3) is 17.1 Å². The van der Waals surface area contributed by atoms with Crippen LogP contribution in [0.4, 0.5) is 11.4 Å². The second-order valence-corrected chi connectivity index (χ2v) is 8.24. The topological polar surface area (TPSA) is 15.3 Å². The predicted molar refractivity (Wildman–Crippen MR) is 115 cm³/mol. The van der Waals surface area contributed by atoms with Crippen molar-refractivity contribution in [3.05, 3.63) is 56.0 Å². The fourth-order valence-electron chi connectivity index (χ4n) is 3.57. The van der Waals surface area contributed by atoms with Gasteiger partial charge in [0, 0.05) is 26.2 Å². The van der Waals surface area contributed by atoms with Gasteiger partial charge in [-0.3, -0.25) is 0 Å². The summed E-state index contributed by atoms with van der Waals surface area (Å²) in [5, 5.41) is 2.15. The van der Waals surface area contributed by atoms with Crippen LogP contribution in [0.2, 0.25) is 20.1 Å². The zero-order valence-electron chi connectivity index (χ0n) is 15.2. The Hall–Kier alpha value is -1.59. The molecule has 0 radical (unpaired) electrons. The van der Waals surface area contributed by atoms with E-state index >= 15 is 0 Å². The molecule has 8 heteroatoms. The van der Waals surface area contributed by atoms with Crippen molar-refractivity contribution in [2.45, 2.75) is 0 Å². The maximum absolute atomic E-state index is 6.22. The van der Waals surface area contributed by atoms with Gasteiger partial charge in [-0.05, 0) is 12.1 Å². The van der Waals surface area contributed by atoms with E-state index < -0.39 is 0 Å². The van der Waals surface area contributed by atoms with E-state index in [2.05, 4.69) is 25.0 Å². The van der Waals surface area contributed by atoms with Crippen LogP contribution in [-0.4, -0.2) is 18.7 Å². The van der Waals surface area contributed by atoms with Crippen LogP contribution in [0, 0.1) is 0 Å². The molecule has 0 aliphatic carbocycles. The van der Waals surface area contributed by atoms with E-state index in [0.29, 0.717) is 20.1 Å². The molecule has 0 amide bonds. The summed E-state index contributed by atoms with van der Waals surface area (Å²) in [6.45, 7) is 0. The summed E-state index contributed by atoms with van der Waals surface area (Å²) in [6, 6.07) is 7.55. The summed E-state index contributed by atoms with van der Waals surface area (Å²) in [5.74, 6) is 2.00. The average molecular weight is 443 g/mol. The highest BCUT2D eigenvalue weighted by atomic mass is 35.5. The van der Waals surface area contributed by atoms with Gasteiger partial charge in [0.1, 0.15) is 5.82 Å². The SMILES string of the molecule is CN1C(=Cc2n(C)c3cc(Cl)c(Cl)cc3[n+]2C)N(C)c2cc(Cl)c(Cl)cc21. The first-order valence-corrected chi connectivity index (χ1v) is 9.73. The van der Waals surface area contributed by atoms with Gasteiger partial charge in [-0.15, -0.1) is 0 Å². The third-order valence-electron chi connectivity index (χ3n) is 5.11. The Kier molecular flexibility index (Phi) is 4.51. The molecule has 0 fully saturated rings. The number of imidazole rings is 1. The third-order valence-corrected chi connectivity index (χ3v) is 6.56. The van der Waals surface area contributed by atoms with E-state index in [1.807, 2.05) is 52.5 Å². The van der Waals surface area contributed by atoms with Crippen molar-refractivity contribution in [1.29, 1.82) is 0 Å². The first kappa shape index (κ1) is 18.8. The minimum absolute atomic E-state index is 0.538. The molecule has 0 spiro atoms. The molecule has 2 aromatic carbocycles. The molecule has 140 valence electrons. The lowest BCUT2D eigenvalue weighted by Gasteiger charge is -2.17. The lowest BCUT2D eigenvalue weighted by Crippen LogP contribution is -2.32. The highest BCUT2D eigenvalue weighted by Crippen LogP contribution is 2.44. The van der Waals surface area contributed by atoms with Gasteiger partial charge in [0.05, 0.1) is 51.6 Å². The molecule has 0 atom stereocenters. The molecule has 3 aromatic rings. The molecule has 1 aromatic heterocycles. The Bertz CT molecular complexity index is 1050. The number of benzene rings is 2. The van der Waals surface area contributed by atoms with Crippen molar-refractivity contribution in [2.75, 3.05) is 23.9 Å². The number of fused-ring (bicyclic) bond motifs is 2. The maximum Gasteiger partial charge on any atom is 0.285 e. The minimum Gasteiger partial charge on any atom is -0.329 e. The first-order valence-electron chi connectivity index (χ1n) is 8.22. The summed E-state index contributed by atoms with van der Waals surface area (Å²) in [7, 11) is 8.03. The quantitative estimate of drug-likeness (QED) is 0.462. The molecule has 2 heterocycles. The smallest absolute Gasteiger partial charge is 0.285 e. The molecule has 0 saturated heterocycles. The van der Waals surface area contributed by atoms with Gasteiger partial charge in [0.15, 0.2) is 11.0 Å². The van der Waals surface area contributed by atoms with Crippen molar-refractivity contribution in [2.24, 2.45) is 14.1 Å². The molecule has 4 nitrogen and oxygen atoms in total. The van der Waals surface area contributed by atoms with E-state index in [9.17, 15) is 0 Å². The average Bonchev–Trinajstić information content (AvgIpc) is 2.97. The van der Waals surface area contributed by atoms with E-state index in [1.54, 1.807) is 0 Å². The van der Waals surface area contributed by atoms with Crippen LogP contribution in [0.1, 0.15) is 5.82 Å². The van der Waals surface area contributed by atoms with Gasteiger partial charge in [-0.25, -0.2) is 9.13 Å². The van der Waals surface area contributed by atoms with Gasteiger partial charge >= 0.3 is 0 Å². The van der Waals surface area contributed by atoms with Crippen LogP contribution >= 0.6 is 46.4 Å². The fraction of sp³-hybridized carbons (Fsp3) is 0.211. The second-order valence-electron chi connectivity index (χ2n) is 6.61. The van der Waals surface area contributed by atoms with E-state index in [1.165, 1.54) is 0 Å². The number of aryl methyl sites for hydroxylation is 2. The van der Waals surface area contributed by atoms with Gasteiger partial charge in [-0.2, -0.15) is 0 Å². The van der Waals surface area contributed by atoms with Crippen LogP contribution in [-0.2, 0) is 14.1 Å². The number of hydrogen-bond acceptors (Lipinski definition) is 2. The van der Waals surface area contributed by atoms with Crippen LogP contribution in [0.3, 0.4) is 0 Å². The summed E-state index contributed by atoms with van der Waals surface area (Å²) in [4.78, 5) is 4.18. The number of aromatic nitrogens is 2. The molecule has 27 heavy (non-hydrogen) atoms. The Morgan fingerprint density at radius 3 is 1.81 bits per heavy atom. The molecule has 0 bridgehead atoms. The number of anilines is 2. The summed E-state index contributed by atoms with van der Waals surface area (Å²) < 4.78 is 4.18. The van der Waals surface area contributed by atoms with Crippen molar-refractivity contribution >= 4 is 74.9 Å². The van der Waals surface area contributed by atoms with Crippen molar-refractivity contribution in [3.63, 3.8) is 0 Å². The molecule has 4 rings (SSSR count). The monoisotopic (exact) mass is 441 g/mol. The minimum atomic E-state index is 0.538. The first-order chi connectivity index (χ1) is 12.7. The summed E-state index contributed by atoms with van der Waals surface area (Å²) in [5.41, 5.74) is 4.02. The van der Waals surface area contributed by atoms with Crippen molar-refractivity contribution < 1.29 is 4.57 Å². The van der Waals surface area contributed by atoms with Crippen LogP contribution in [0.5, 0.6) is 0 Å². The third kappa shape index (κ3) is 2.78. The van der Waals surface area contributed by atoms with E-state index in [4.69, 9.17) is 46.4 Å². The van der Waals surface area contributed by atoms with E-state index in [0.717, 1.165) is 34.1 Å². The molecule has 1 aliphatic rings. The van der Waals surface area contributed by atoms with E-state index in [-0.39, 0.29) is 0 Å². The van der Waals surface area contributed by atoms with Crippen molar-refractivity contribution in [1.82, 2.24) is 4.57 Å². The lowest BCUT2D eigenvalue weighted by molar-refractivity contribution is -0.647. The lowest BCUT2D eigenvalue weighted by atomic mass is 10.2. The number of rotatable bonds is 1. The molecular weight excluding hydrogens is 426 g/mol. The molecule has 0 unspecified atom stereocenters. The normalized spacial score (nSPS) is 13.7. The summed E-state index contributed by atoms with van der Waals surface area (Å²) in [6.07, 6.45) is 2.11. The van der Waals surface area contributed by atoms with Gasteiger partial charge < -0.3 is 9.80 Å². The van der Waals surface area contributed by atoms with Gasteiger partial charge in [0.2, 0.25) is 0 Å². The Morgan fingerprint density at radius 2 is 1.26 bits per heavy atom. The van der Waals surface area contributed by atoms with Crippen LogP contribution in [0.15, 0.2) is 30.1 Å². The molecule has 1 aliphatic heterocycles. The maximum atomic E-state index is 6.22. The zero-order chi connectivity index (χ0) is 19.6. The standard InChI is InChI=1S/C19H17Cl4N4/c1-24-14-5-10(20)11(21)6-15(14)25(2)18(24)9-19-26(3)16-7-12(22)13(23)8-17(16)27(19)4/h5-9H,1-4H3/q+1. The number of nitrogens with zero attached hydrogens (tertiary/aromatic N) is 4. The van der Waals surface area contributed by atoms with Gasteiger partial charge in [-0.1, -0.05) is 46.4 Å². The zero-order valence-corrected chi connectivity index (χ0v) is 18.2. The predicted octanol–water partition coefficient (Wildman–Crippen LogP) is 5.50. The Labute approximate surface area is 177 Å². The number of halogens is 4. The second kappa shape index (κ2) is 6.49. The van der Waals surface area contributed by atoms with Gasteiger partial charge in [0.25, 0.3) is 5.82 Å². The molecular formula is C19H17Cl4N4+. The summed E-state index contributed by atoms with van der Waals surface area (Å²) >= 11 is 24.9. The Morgan fingerprint density at radius 1 is 0.778 bits per heavy atom. The molecule has 0 saturated carbocycles. The highest BCUT2D eigenvalue weighted by Gasteiger charge is 2.30. The largest absolute Gasteiger partial charge is 0.329 e. The van der Waals surface area contributed by atoms with Crippen molar-refractivity contribution in [3.8, 4) is 0 Å². The Balaban J connectivity index is 1.90. The highest BCUT2D eigenvalue weighted by molar-refractivity contribution is 6.43. The fourth-order valence-corrected chi connectivity index (χ4v) is 4.20. The number of hydrogen-bond donors (Lipinski definition) is 0. The van der Waals surface area contributed by atoms with Crippen LogP contribution < -0.4 is 14.4 Å². The molecule has 0 N–H and O–H groups in total.